The number of methoxy groups -OCH3 is 1. The molecule has 0 aliphatic heterocycles. The number of rotatable bonds is 52. The molecule has 37 nitrogen and oxygen atoms in total. The van der Waals surface area contributed by atoms with E-state index in [0.717, 1.165) is 68.2 Å². The molecule has 0 aliphatic rings. The summed E-state index contributed by atoms with van der Waals surface area (Å²) in [6, 6.07) is 14.9. The maximum atomic E-state index is 14.6. The summed E-state index contributed by atoms with van der Waals surface area (Å²) >= 11 is 0. The number of carboxylic acids is 1. The molecule has 37 heteroatoms. The van der Waals surface area contributed by atoms with Crippen molar-refractivity contribution >= 4 is 138 Å². The van der Waals surface area contributed by atoms with Gasteiger partial charge in [-0.05, 0) is 181 Å². The van der Waals surface area contributed by atoms with Crippen molar-refractivity contribution in [2.75, 3.05) is 52.2 Å². The molecule has 8 rings (SSSR count). The second-order valence-electron chi connectivity index (χ2n) is 34.1. The monoisotopic (exact) mass is 1810 g/mol. The number of nitrogens with one attached hydrogen (secondary N) is 16. The minimum atomic E-state index is -1.75. The molecular weight excluding hydrogens is 1680 g/mol. The number of nitrogens with two attached hydrogens (primary N) is 1. The number of hydrogen-bond acceptors (Lipinski definition) is 20. The van der Waals surface area contributed by atoms with Gasteiger partial charge < -0.3 is 110 Å². The summed E-state index contributed by atoms with van der Waals surface area (Å²) in [5.41, 5.74) is 12.3. The molecule has 8 aromatic rings. The van der Waals surface area contributed by atoms with Gasteiger partial charge in [-0.15, -0.1) is 0 Å². The van der Waals surface area contributed by atoms with Crippen LogP contribution in [0.2, 0.25) is 0 Å². The molecule has 0 bridgehead atoms. The number of pyridine rings is 1. The van der Waals surface area contributed by atoms with Gasteiger partial charge in [-0.3, -0.25) is 71.9 Å². The van der Waals surface area contributed by atoms with Crippen LogP contribution >= 0.6 is 0 Å². The van der Waals surface area contributed by atoms with Crippen molar-refractivity contribution in [3.8, 4) is 11.5 Å². The summed E-state index contributed by atoms with van der Waals surface area (Å²) in [5, 5.41) is 62.3. The fraction of sp³-hybridized carbons (Fsp3) is 0.468. The Kier molecular flexibility index (Phi) is 39.0. The van der Waals surface area contributed by atoms with Crippen molar-refractivity contribution in [1.29, 1.82) is 0 Å². The molecule has 5 aromatic carbocycles. The van der Waals surface area contributed by atoms with Crippen LogP contribution in [-0.4, -0.2) is 232 Å². The Morgan fingerprint density at radius 3 is 1.60 bits per heavy atom. The molecule has 0 saturated carbocycles. The third-order valence-corrected chi connectivity index (χ3v) is 22.4. The molecule has 0 fully saturated rings. The number of ether oxygens (including phenoxy) is 1. The molecule has 0 spiro atoms. The number of aryl methyl sites for hydroxylation is 2. The van der Waals surface area contributed by atoms with Crippen LogP contribution in [0.15, 0.2) is 116 Å². The van der Waals surface area contributed by atoms with Crippen LogP contribution in [0.25, 0.3) is 43.5 Å². The van der Waals surface area contributed by atoms with Crippen LogP contribution in [-0.2, 0) is 91.2 Å². The zero-order valence-electron chi connectivity index (χ0n) is 76.6. The van der Waals surface area contributed by atoms with E-state index in [4.69, 9.17) is 15.5 Å². The molecule has 0 unspecified atom stereocenters. The molecule has 14 amide bonds. The highest BCUT2D eigenvalue weighted by molar-refractivity contribution is 6.18. The van der Waals surface area contributed by atoms with Crippen molar-refractivity contribution in [2.45, 2.75) is 226 Å². The number of aromatic amines is 2. The van der Waals surface area contributed by atoms with Crippen LogP contribution in [0, 0.1) is 25.7 Å². The summed E-state index contributed by atoms with van der Waals surface area (Å²) in [6.45, 7) is 20.7. The van der Waals surface area contributed by atoms with Crippen molar-refractivity contribution < 1.29 is 86.9 Å². The Morgan fingerprint density at radius 2 is 1.00 bits per heavy atom. The predicted molar refractivity (Wildman–Crippen MR) is 495 cm³/mol. The number of H-pyrrole nitrogens is 2. The van der Waals surface area contributed by atoms with Crippen molar-refractivity contribution in [3.05, 3.63) is 143 Å². The summed E-state index contributed by atoms with van der Waals surface area (Å²) in [6.07, 6.45) is 3.68. The average Bonchev–Trinajstić information content (AvgIpc) is 1.59. The molecule has 3 aromatic heterocycles. The third kappa shape index (κ3) is 31.0. The molecule has 20 N–H and O–H groups in total. The Labute approximate surface area is 760 Å². The number of nitrogens with zero attached hydrogens (tertiary/aromatic N) is 2. The number of carbonyl (C=O) groups excluding carboxylic acids is 14. The lowest BCUT2D eigenvalue weighted by Crippen LogP contribution is -2.59. The summed E-state index contributed by atoms with van der Waals surface area (Å²) in [7, 11) is 3.67. The molecule has 0 aliphatic carbocycles. The van der Waals surface area contributed by atoms with E-state index in [1.54, 1.807) is 88.7 Å². The van der Waals surface area contributed by atoms with Crippen LogP contribution in [0.4, 0.5) is 5.82 Å². The van der Waals surface area contributed by atoms with Gasteiger partial charge in [0.15, 0.2) is 0 Å². The van der Waals surface area contributed by atoms with E-state index in [1.807, 2.05) is 52.2 Å². The van der Waals surface area contributed by atoms with E-state index in [9.17, 15) is 82.1 Å². The SMILES string of the molecule is CCCC[C@H](NC(=O)[C@H](Cc1c[nH]c2ccccc12)NC(=O)CNC(=O)[C@H](Cc1ccc(O)cc1)NC(=O)[C@H](C)NC(=O)CCC(=O)N[C@@H](C)C(=O)N[C@@H](CC(C)C)C(=O)N[C@@H](C)C(=O)N[C@@H](CC(C)C)C(=O)N[C@@H](C)C(=O)NCCCN(C)CCCNc1nccc2c(C)c3[nH]c4ccc(OC)cc4c3c(C)c12)C(=O)N[C@@H](CC(=O)O)C(=O)N[C@@H](Cc1ccccc1)C(N)=O. The van der Waals surface area contributed by atoms with Crippen LogP contribution in [0.3, 0.4) is 0 Å². The predicted octanol–water partition coefficient (Wildman–Crippen LogP) is 4.20. The minimum Gasteiger partial charge on any atom is -0.508 e. The van der Waals surface area contributed by atoms with Gasteiger partial charge in [0, 0.05) is 90.2 Å². The molecule has 131 heavy (non-hydrogen) atoms. The van der Waals surface area contributed by atoms with Crippen molar-refractivity contribution in [1.82, 2.24) is 89.0 Å². The smallest absolute Gasteiger partial charge is 0.305 e. The van der Waals surface area contributed by atoms with Gasteiger partial charge in [-0.25, -0.2) is 4.98 Å². The number of phenols is 1. The number of aromatic hydroxyl groups is 1. The van der Waals surface area contributed by atoms with Crippen LogP contribution in [0.1, 0.15) is 154 Å². The molecule has 706 valence electrons. The first-order chi connectivity index (χ1) is 62.3. The highest BCUT2D eigenvalue weighted by Gasteiger charge is 2.36. The van der Waals surface area contributed by atoms with Crippen LogP contribution in [0.5, 0.6) is 11.5 Å². The summed E-state index contributed by atoms with van der Waals surface area (Å²) in [4.78, 5) is 218. The number of aliphatic carboxylic acids is 1. The number of fused-ring (bicyclic) bond motifs is 5. The van der Waals surface area contributed by atoms with E-state index in [1.165, 1.54) is 45.0 Å². The fourth-order valence-electron chi connectivity index (χ4n) is 15.2. The molecule has 0 saturated heterocycles. The van der Waals surface area contributed by atoms with Crippen molar-refractivity contribution in [3.63, 3.8) is 0 Å². The Morgan fingerprint density at radius 1 is 0.481 bits per heavy atom. The minimum absolute atomic E-state index is 0.0182. The number of aromatic nitrogens is 3. The van der Waals surface area contributed by atoms with Gasteiger partial charge in [-0.2, -0.15) is 0 Å². The number of amides is 14. The number of carboxylic acid groups (broad SMARTS) is 1. The van der Waals surface area contributed by atoms with E-state index in [2.05, 4.69) is 109 Å². The normalized spacial score (nSPS) is 13.9. The van der Waals surface area contributed by atoms with E-state index in [-0.39, 0.29) is 56.1 Å². The molecular formula is C94H127N19O18. The zero-order valence-corrected chi connectivity index (χ0v) is 76.6. The fourth-order valence-corrected chi connectivity index (χ4v) is 15.2. The quantitative estimate of drug-likeness (QED) is 0.0237. The zero-order chi connectivity index (χ0) is 95.9. The number of primary amides is 1. The highest BCUT2D eigenvalue weighted by atomic mass is 16.5. The first kappa shape index (κ1) is 103. The number of hydrogen-bond donors (Lipinski definition) is 19. The average molecular weight is 1810 g/mol. The summed E-state index contributed by atoms with van der Waals surface area (Å²) in [5.74, 6) is -11.6. The maximum absolute atomic E-state index is 14.6. The number of carbonyl (C=O) groups is 15. The number of para-hydroxylation sites is 1. The molecule has 11 atom stereocenters. The number of anilines is 1. The summed E-state index contributed by atoms with van der Waals surface area (Å²) < 4.78 is 5.55. The second-order valence-corrected chi connectivity index (χ2v) is 34.1. The Bertz CT molecular complexity index is 5370. The topological polar surface area (TPSA) is 548 Å². The molecule has 3 heterocycles. The van der Waals surface area contributed by atoms with Gasteiger partial charge in [0.25, 0.3) is 0 Å². The molecule has 0 radical (unpaired) electrons. The Balaban J connectivity index is 0.777. The lowest BCUT2D eigenvalue weighted by molar-refractivity contribution is -0.141. The lowest BCUT2D eigenvalue weighted by Gasteiger charge is -2.26. The second kappa shape index (κ2) is 49.7. The first-order valence-corrected chi connectivity index (χ1v) is 44.4. The van der Waals surface area contributed by atoms with Crippen LogP contribution < -0.4 is 84.9 Å². The maximum Gasteiger partial charge on any atom is 0.305 e. The third-order valence-electron chi connectivity index (χ3n) is 22.4. The van der Waals surface area contributed by atoms with E-state index >= 15 is 0 Å². The van der Waals surface area contributed by atoms with E-state index < -0.39 is 181 Å². The Hall–Kier alpha value is -13.7. The van der Waals surface area contributed by atoms with Gasteiger partial charge in [-0.1, -0.05) is 108 Å². The van der Waals surface area contributed by atoms with Gasteiger partial charge >= 0.3 is 5.97 Å². The number of unbranched alkanes of at least 4 members (excludes halogenated alkanes) is 1. The lowest BCUT2D eigenvalue weighted by atomic mass is 9.96. The van der Waals surface area contributed by atoms with Gasteiger partial charge in [0.1, 0.15) is 83.8 Å². The van der Waals surface area contributed by atoms with Crippen molar-refractivity contribution in [2.24, 2.45) is 17.6 Å². The highest BCUT2D eigenvalue weighted by Crippen LogP contribution is 2.40. The number of phenolic OH excluding ortho intramolecular Hbond substituents is 1. The van der Waals surface area contributed by atoms with Gasteiger partial charge in [0.2, 0.25) is 82.7 Å². The largest absolute Gasteiger partial charge is 0.508 e. The standard InChI is InChI=1S/C94H127N19O18/c1-14-15-26-69(90(126)112-75(48-79(118)119)94(130)108-70(83(95)120)44-59-23-17-16-18-24-59)107-93(129)74(46-61-49-99-67-27-20-19-25-65(61)67)105-78(117)50-100-89(125)73(45-60-28-30-62(114)31-29-60)111-87(123)57(10)102-77(116)35-34-76(115)101-56(9)86(122)109-72(43-52(4)5)92(128)104-58(11)88(124)110-71(42-51(2)3)91(127)103-55(8)85(121)98-38-22-41-113(12)40-21-37-96-84-81-54(7)80-66-47-63(131-13)32-33-68(66)106-82(80)53(6)64(81)36-39-97-84/h16-20,23-25,27-33,36,39,47,49,51-52,55-58,69-75,99,106,114H,14-15,21-22,26,34-35,37-38,40-46,48,50H2,1-13H3,(H2,95,120)(H,96,97)(H,98,121)(H,100,125)(H,101,115)(H,102,116)(H,103,127)(H,104,128)(H,105,117)(H,107,129)(H,108,130)(H,109,122)(H,110,124)(H,111,123)(H,112,126)(H,118,119)/t55-,56-,57-,58-,69-,70-,71-,72-,73-,74-,75-/m0/s1. The first-order valence-electron chi connectivity index (χ1n) is 44.4. The van der Waals surface area contributed by atoms with Gasteiger partial charge in [0.05, 0.1) is 25.6 Å². The number of benzene rings is 5. The van der Waals surface area contributed by atoms with E-state index in [0.29, 0.717) is 66.5 Å².